The van der Waals surface area contributed by atoms with Gasteiger partial charge in [0.25, 0.3) is 0 Å². The van der Waals surface area contributed by atoms with Crippen molar-refractivity contribution in [2.24, 2.45) is 0 Å². The summed E-state index contributed by atoms with van der Waals surface area (Å²) in [5.41, 5.74) is 2.05. The molecule has 0 aliphatic carbocycles. The largest absolute Gasteiger partial charge is 0.324 e. The smallest absolute Gasteiger partial charge is 0.241 e. The molecule has 3 rings (SSSR count). The zero-order valence-electron chi connectivity index (χ0n) is 10.5. The molecule has 1 heterocycles. The fraction of sp³-hybridized carbons (Fsp3) is 0.0667. The predicted molar refractivity (Wildman–Crippen MR) is 81.0 cm³/mol. The number of nitrogens with one attached hydrogen (secondary N) is 1. The summed E-state index contributed by atoms with van der Waals surface area (Å²) in [5, 5.41) is 2.76. The van der Waals surface area contributed by atoms with Gasteiger partial charge in [-0.15, -0.1) is 0 Å². The van der Waals surface area contributed by atoms with Gasteiger partial charge in [0, 0.05) is 10.2 Å². The van der Waals surface area contributed by atoms with Crippen LogP contribution in [0.25, 0.3) is 0 Å². The minimum absolute atomic E-state index is 0.165. The second-order valence-electron chi connectivity index (χ2n) is 4.45. The first-order valence-electron chi connectivity index (χ1n) is 6.12. The third kappa shape index (κ3) is 2.32. The Hall–Kier alpha value is -2.14. The molecule has 0 atom stereocenters. The van der Waals surface area contributed by atoms with Crippen molar-refractivity contribution < 1.29 is 9.59 Å². The van der Waals surface area contributed by atoms with Crippen LogP contribution < -0.4 is 10.2 Å². The molecule has 0 aromatic heterocycles. The first kappa shape index (κ1) is 12.9. The number of amides is 2. The molecule has 1 N–H and O–H groups in total. The fourth-order valence-electron chi connectivity index (χ4n) is 2.21. The average Bonchev–Trinajstić information content (AvgIpc) is 2.54. The normalized spacial score (nSPS) is 14.6. The standard InChI is InChI=1S/C15H11BrN2O2/c16-10-6-7-13-12(8-10)17-14(19)9-15(20)18(13)11-4-2-1-3-5-11/h1-8H,9H2,(H,17,19). The van der Waals surface area contributed by atoms with Crippen LogP contribution in [0.1, 0.15) is 6.42 Å². The van der Waals surface area contributed by atoms with Crippen LogP contribution >= 0.6 is 15.9 Å². The van der Waals surface area contributed by atoms with Gasteiger partial charge in [-0.1, -0.05) is 34.1 Å². The number of benzene rings is 2. The molecule has 5 heteroatoms. The highest BCUT2D eigenvalue weighted by atomic mass is 79.9. The molecule has 20 heavy (non-hydrogen) atoms. The number of halogens is 1. The number of carbonyl (C=O) groups excluding carboxylic acids is 2. The van der Waals surface area contributed by atoms with Crippen molar-refractivity contribution in [3.8, 4) is 0 Å². The number of carbonyl (C=O) groups is 2. The van der Waals surface area contributed by atoms with Crippen molar-refractivity contribution >= 4 is 44.8 Å². The lowest BCUT2D eigenvalue weighted by Gasteiger charge is -2.22. The van der Waals surface area contributed by atoms with E-state index in [-0.39, 0.29) is 18.2 Å². The topological polar surface area (TPSA) is 49.4 Å². The number of hydrogen-bond donors (Lipinski definition) is 1. The third-order valence-corrected chi connectivity index (χ3v) is 3.54. The van der Waals surface area contributed by atoms with Crippen molar-refractivity contribution in [1.82, 2.24) is 0 Å². The van der Waals surface area contributed by atoms with Crippen LogP contribution in [0.2, 0.25) is 0 Å². The third-order valence-electron chi connectivity index (χ3n) is 3.05. The number of fused-ring (bicyclic) bond motifs is 1. The second-order valence-corrected chi connectivity index (χ2v) is 5.37. The first-order valence-corrected chi connectivity index (χ1v) is 6.92. The summed E-state index contributed by atoms with van der Waals surface area (Å²) in [5.74, 6) is -0.539. The summed E-state index contributed by atoms with van der Waals surface area (Å²) in [7, 11) is 0. The Morgan fingerprint density at radius 1 is 1.05 bits per heavy atom. The Morgan fingerprint density at radius 2 is 1.80 bits per heavy atom. The van der Waals surface area contributed by atoms with Crippen LogP contribution in [-0.4, -0.2) is 11.8 Å². The second kappa shape index (κ2) is 5.09. The average molecular weight is 331 g/mol. The van der Waals surface area contributed by atoms with E-state index in [0.717, 1.165) is 10.2 Å². The Balaban J connectivity index is 2.18. The molecule has 2 aromatic carbocycles. The SMILES string of the molecule is O=C1CC(=O)N(c2ccccc2)c2ccc(Br)cc2N1. The summed E-state index contributed by atoms with van der Waals surface area (Å²) in [4.78, 5) is 25.7. The van der Waals surface area contributed by atoms with Gasteiger partial charge in [0.05, 0.1) is 11.4 Å². The summed E-state index contributed by atoms with van der Waals surface area (Å²) >= 11 is 3.37. The van der Waals surface area contributed by atoms with E-state index in [4.69, 9.17) is 0 Å². The Bertz CT molecular complexity index is 686. The monoisotopic (exact) mass is 330 g/mol. The van der Waals surface area contributed by atoms with Crippen molar-refractivity contribution in [3.05, 3.63) is 53.0 Å². The van der Waals surface area contributed by atoms with Crippen LogP contribution in [0, 0.1) is 0 Å². The molecule has 0 radical (unpaired) electrons. The van der Waals surface area contributed by atoms with E-state index < -0.39 is 0 Å². The lowest BCUT2D eigenvalue weighted by Crippen LogP contribution is -2.26. The van der Waals surface area contributed by atoms with Gasteiger partial charge in [-0.05, 0) is 30.3 Å². The molecule has 0 saturated heterocycles. The molecular formula is C15H11BrN2O2. The highest BCUT2D eigenvalue weighted by Crippen LogP contribution is 2.36. The first-order chi connectivity index (χ1) is 9.65. The Kier molecular flexibility index (Phi) is 3.28. The highest BCUT2D eigenvalue weighted by molar-refractivity contribution is 9.10. The molecule has 1 aliphatic heterocycles. The molecule has 100 valence electrons. The van der Waals surface area contributed by atoms with Gasteiger partial charge in [-0.3, -0.25) is 14.5 Å². The molecule has 1 aliphatic rings. The van der Waals surface area contributed by atoms with Crippen molar-refractivity contribution in [3.63, 3.8) is 0 Å². The fourth-order valence-corrected chi connectivity index (χ4v) is 2.57. The molecule has 0 bridgehead atoms. The van der Waals surface area contributed by atoms with E-state index in [1.165, 1.54) is 0 Å². The Morgan fingerprint density at radius 3 is 2.55 bits per heavy atom. The van der Waals surface area contributed by atoms with Crippen LogP contribution in [0.5, 0.6) is 0 Å². The number of rotatable bonds is 1. The Labute approximate surface area is 124 Å². The van der Waals surface area contributed by atoms with E-state index in [0.29, 0.717) is 11.4 Å². The van der Waals surface area contributed by atoms with Gasteiger partial charge in [-0.2, -0.15) is 0 Å². The van der Waals surface area contributed by atoms with Crippen LogP contribution in [-0.2, 0) is 9.59 Å². The van der Waals surface area contributed by atoms with E-state index in [9.17, 15) is 9.59 Å². The van der Waals surface area contributed by atoms with E-state index in [1.54, 1.807) is 11.0 Å². The lowest BCUT2D eigenvalue weighted by atomic mass is 10.2. The molecule has 0 spiro atoms. The van der Waals surface area contributed by atoms with E-state index in [1.807, 2.05) is 42.5 Å². The summed E-state index contributed by atoms with van der Waals surface area (Å²) in [6.07, 6.45) is -0.165. The van der Waals surface area contributed by atoms with Gasteiger partial charge in [0.15, 0.2) is 0 Å². The van der Waals surface area contributed by atoms with E-state index in [2.05, 4.69) is 21.2 Å². The predicted octanol–water partition coefficient (Wildman–Crippen LogP) is 3.46. The summed E-state index contributed by atoms with van der Waals surface area (Å²) in [6.45, 7) is 0. The number of hydrogen-bond acceptors (Lipinski definition) is 2. The molecule has 4 nitrogen and oxygen atoms in total. The molecular weight excluding hydrogens is 320 g/mol. The minimum atomic E-state index is -0.298. The molecule has 0 saturated carbocycles. The molecule has 2 amide bonds. The zero-order chi connectivity index (χ0) is 14.1. The minimum Gasteiger partial charge on any atom is -0.324 e. The molecule has 0 unspecified atom stereocenters. The van der Waals surface area contributed by atoms with Crippen LogP contribution in [0.3, 0.4) is 0 Å². The van der Waals surface area contributed by atoms with Crippen molar-refractivity contribution in [2.45, 2.75) is 6.42 Å². The quantitative estimate of drug-likeness (QED) is 0.814. The lowest BCUT2D eigenvalue weighted by molar-refractivity contribution is -0.124. The summed E-state index contributed by atoms with van der Waals surface area (Å²) < 4.78 is 0.846. The molecule has 2 aromatic rings. The van der Waals surface area contributed by atoms with Crippen LogP contribution in [0.4, 0.5) is 17.1 Å². The van der Waals surface area contributed by atoms with Gasteiger partial charge in [-0.25, -0.2) is 0 Å². The number of para-hydroxylation sites is 1. The van der Waals surface area contributed by atoms with Gasteiger partial charge in [0.2, 0.25) is 11.8 Å². The number of anilines is 3. The highest BCUT2D eigenvalue weighted by Gasteiger charge is 2.27. The van der Waals surface area contributed by atoms with Crippen LogP contribution in [0.15, 0.2) is 53.0 Å². The van der Waals surface area contributed by atoms with Crippen molar-refractivity contribution in [2.75, 3.05) is 10.2 Å². The molecule has 0 fully saturated rings. The van der Waals surface area contributed by atoms with Gasteiger partial charge < -0.3 is 5.32 Å². The van der Waals surface area contributed by atoms with Crippen molar-refractivity contribution in [1.29, 1.82) is 0 Å². The van der Waals surface area contributed by atoms with Gasteiger partial charge >= 0.3 is 0 Å². The maximum atomic E-state index is 12.3. The zero-order valence-corrected chi connectivity index (χ0v) is 12.1. The summed E-state index contributed by atoms with van der Waals surface area (Å²) in [6, 6.07) is 14.8. The van der Waals surface area contributed by atoms with E-state index >= 15 is 0 Å². The maximum absolute atomic E-state index is 12.3. The number of nitrogens with zero attached hydrogens (tertiary/aromatic N) is 1. The van der Waals surface area contributed by atoms with Gasteiger partial charge in [0.1, 0.15) is 6.42 Å². The maximum Gasteiger partial charge on any atom is 0.241 e.